The van der Waals surface area contributed by atoms with E-state index in [1.165, 1.54) is 0 Å². The van der Waals surface area contributed by atoms with Gasteiger partial charge in [0.2, 0.25) is 0 Å². The summed E-state index contributed by atoms with van der Waals surface area (Å²) in [6.45, 7) is 10.4. The summed E-state index contributed by atoms with van der Waals surface area (Å²) in [5.74, 6) is -0.366. The Morgan fingerprint density at radius 3 is 1.42 bits per heavy atom. The van der Waals surface area contributed by atoms with Gasteiger partial charge in [-0.3, -0.25) is 4.79 Å². The van der Waals surface area contributed by atoms with E-state index in [0.29, 0.717) is 5.06 Å². The van der Waals surface area contributed by atoms with Crippen molar-refractivity contribution in [1.29, 1.82) is 0 Å². The Bertz CT molecular complexity index is 174. The third-order valence-electron chi connectivity index (χ3n) is 1.44. The van der Waals surface area contributed by atoms with E-state index < -0.39 is 11.0 Å². The molecule has 0 aliphatic rings. The maximum Gasteiger partial charge on any atom is 0.254 e. The maximum absolute atomic E-state index is 11.4. The average Bonchev–Trinajstić information content (AvgIpc) is 1.80. The highest BCUT2D eigenvalue weighted by molar-refractivity contribution is 5.80. The third kappa shape index (κ3) is 2.81. The molecule has 0 aromatic carbocycles. The monoisotopic (exact) mass is 172 g/mol. The van der Waals surface area contributed by atoms with Crippen molar-refractivity contribution in [2.45, 2.75) is 47.1 Å². The van der Waals surface area contributed by atoms with E-state index >= 15 is 0 Å². The molecule has 0 atom stereocenters. The SMILES string of the molecule is CC(C)(C)C(=O)N([O])C(C)(C)C. The van der Waals surface area contributed by atoms with Crippen LogP contribution in [0.2, 0.25) is 0 Å². The van der Waals surface area contributed by atoms with Crippen molar-refractivity contribution >= 4 is 5.91 Å². The molecular formula is C9H18NO2. The predicted molar refractivity (Wildman–Crippen MR) is 46.7 cm³/mol. The molecule has 0 rings (SSSR count). The minimum absolute atomic E-state index is 0.366. The number of hydrogen-bond acceptors (Lipinski definition) is 1. The van der Waals surface area contributed by atoms with Crippen LogP contribution in [-0.4, -0.2) is 16.5 Å². The van der Waals surface area contributed by atoms with Gasteiger partial charge >= 0.3 is 0 Å². The number of carbonyl (C=O) groups is 1. The van der Waals surface area contributed by atoms with Gasteiger partial charge in [0.15, 0.2) is 0 Å². The molecular weight excluding hydrogens is 154 g/mol. The van der Waals surface area contributed by atoms with Crippen LogP contribution < -0.4 is 0 Å². The molecule has 71 valence electrons. The van der Waals surface area contributed by atoms with Crippen LogP contribution in [0, 0.1) is 5.41 Å². The van der Waals surface area contributed by atoms with E-state index in [9.17, 15) is 10.0 Å². The zero-order chi connectivity index (χ0) is 10.2. The van der Waals surface area contributed by atoms with Crippen LogP contribution in [0.5, 0.6) is 0 Å². The van der Waals surface area contributed by atoms with E-state index in [1.54, 1.807) is 41.5 Å². The molecule has 1 radical (unpaired) electrons. The van der Waals surface area contributed by atoms with E-state index in [0.717, 1.165) is 0 Å². The van der Waals surface area contributed by atoms with E-state index in [-0.39, 0.29) is 5.91 Å². The smallest absolute Gasteiger partial charge is 0.254 e. The summed E-state index contributed by atoms with van der Waals surface area (Å²) in [6, 6.07) is 0. The number of hydrogen-bond donors (Lipinski definition) is 0. The standard InChI is InChI=1S/C9H18NO2/c1-8(2,3)7(11)10(12)9(4,5)6/h1-6H3. The Hall–Kier alpha value is -0.570. The van der Waals surface area contributed by atoms with Crippen LogP contribution in [0.4, 0.5) is 0 Å². The quantitative estimate of drug-likeness (QED) is 0.515. The summed E-state index contributed by atoms with van der Waals surface area (Å²) in [6.07, 6.45) is 0. The molecule has 1 amide bonds. The Labute approximate surface area is 74.3 Å². The molecule has 0 saturated heterocycles. The summed E-state index contributed by atoms with van der Waals surface area (Å²) >= 11 is 0. The van der Waals surface area contributed by atoms with E-state index in [1.807, 2.05) is 0 Å². The molecule has 3 heteroatoms. The maximum atomic E-state index is 11.4. The van der Waals surface area contributed by atoms with Gasteiger partial charge in [0.1, 0.15) is 0 Å². The van der Waals surface area contributed by atoms with Crippen molar-refractivity contribution in [3.05, 3.63) is 0 Å². The lowest BCUT2D eigenvalue weighted by molar-refractivity contribution is -0.223. The second-order valence-corrected chi connectivity index (χ2v) is 5.02. The molecule has 0 spiro atoms. The highest BCUT2D eigenvalue weighted by Gasteiger charge is 2.34. The number of amides is 1. The van der Waals surface area contributed by atoms with Gasteiger partial charge < -0.3 is 0 Å². The lowest BCUT2D eigenvalue weighted by Gasteiger charge is -2.31. The van der Waals surface area contributed by atoms with Crippen molar-refractivity contribution < 1.29 is 10.0 Å². The molecule has 0 aliphatic carbocycles. The predicted octanol–water partition coefficient (Wildman–Crippen LogP) is 2.01. The number of hydroxylamine groups is 2. The molecule has 0 bridgehead atoms. The Balaban J connectivity index is 4.53. The molecule has 0 aromatic heterocycles. The molecule has 0 fully saturated rings. The minimum Gasteiger partial charge on any atom is -0.272 e. The lowest BCUT2D eigenvalue weighted by atomic mass is 9.93. The minimum atomic E-state index is -0.635. The second-order valence-electron chi connectivity index (χ2n) is 5.02. The second kappa shape index (κ2) is 3.05. The van der Waals surface area contributed by atoms with Gasteiger partial charge in [0.25, 0.3) is 5.91 Å². The molecule has 0 N–H and O–H groups in total. The van der Waals surface area contributed by atoms with Gasteiger partial charge in [0, 0.05) is 5.41 Å². The van der Waals surface area contributed by atoms with Gasteiger partial charge in [-0.1, -0.05) is 26.0 Å². The van der Waals surface area contributed by atoms with Crippen molar-refractivity contribution in [3.8, 4) is 0 Å². The molecule has 3 nitrogen and oxygen atoms in total. The van der Waals surface area contributed by atoms with Crippen LogP contribution in [0.15, 0.2) is 0 Å². The third-order valence-corrected chi connectivity index (χ3v) is 1.44. The first-order valence-corrected chi connectivity index (χ1v) is 4.08. The molecule has 0 saturated carbocycles. The molecule has 12 heavy (non-hydrogen) atoms. The van der Waals surface area contributed by atoms with Crippen molar-refractivity contribution in [3.63, 3.8) is 0 Å². The van der Waals surface area contributed by atoms with Gasteiger partial charge in [0.05, 0.1) is 5.54 Å². The summed E-state index contributed by atoms with van der Waals surface area (Å²) in [4.78, 5) is 11.4. The van der Waals surface area contributed by atoms with Crippen molar-refractivity contribution in [2.75, 3.05) is 0 Å². The Morgan fingerprint density at radius 1 is 1.00 bits per heavy atom. The van der Waals surface area contributed by atoms with Crippen LogP contribution in [0.25, 0.3) is 0 Å². The summed E-state index contributed by atoms with van der Waals surface area (Å²) in [5.41, 5.74) is -1.22. The molecule has 0 heterocycles. The Kier molecular flexibility index (Phi) is 2.91. The molecule has 0 aromatic rings. The largest absolute Gasteiger partial charge is 0.272 e. The normalized spacial score (nSPS) is 12.9. The first kappa shape index (κ1) is 11.4. The van der Waals surface area contributed by atoms with Gasteiger partial charge in [-0.25, -0.2) is 0 Å². The topological polar surface area (TPSA) is 40.2 Å². The van der Waals surface area contributed by atoms with Crippen molar-refractivity contribution in [2.24, 2.45) is 5.41 Å². The highest BCUT2D eigenvalue weighted by atomic mass is 16.5. The number of rotatable bonds is 0. The fourth-order valence-electron chi connectivity index (χ4n) is 0.609. The van der Waals surface area contributed by atoms with Gasteiger partial charge in [-0.15, -0.1) is 0 Å². The lowest BCUT2D eigenvalue weighted by Crippen LogP contribution is -2.47. The fraction of sp³-hybridized carbons (Fsp3) is 0.889. The average molecular weight is 172 g/mol. The summed E-state index contributed by atoms with van der Waals surface area (Å²) < 4.78 is 0. The van der Waals surface area contributed by atoms with Crippen LogP contribution in [-0.2, 0) is 10.0 Å². The fourth-order valence-corrected chi connectivity index (χ4v) is 0.609. The summed E-state index contributed by atoms with van der Waals surface area (Å²) in [7, 11) is 0. The zero-order valence-electron chi connectivity index (χ0n) is 8.76. The van der Waals surface area contributed by atoms with Gasteiger partial charge in [-0.05, 0) is 20.8 Å². The van der Waals surface area contributed by atoms with E-state index in [4.69, 9.17) is 0 Å². The zero-order valence-corrected chi connectivity index (χ0v) is 8.76. The first-order chi connectivity index (χ1) is 5.07. The van der Waals surface area contributed by atoms with Crippen LogP contribution in [0.1, 0.15) is 41.5 Å². The highest BCUT2D eigenvalue weighted by Crippen LogP contribution is 2.21. The van der Waals surface area contributed by atoms with E-state index in [2.05, 4.69) is 0 Å². The first-order valence-electron chi connectivity index (χ1n) is 4.08. The summed E-state index contributed by atoms with van der Waals surface area (Å²) in [5, 5.41) is 11.9. The number of nitrogens with zero attached hydrogens (tertiary/aromatic N) is 1. The van der Waals surface area contributed by atoms with Gasteiger partial charge in [-0.2, -0.15) is 5.06 Å². The Morgan fingerprint density at radius 2 is 1.33 bits per heavy atom. The van der Waals surface area contributed by atoms with Crippen LogP contribution in [0.3, 0.4) is 0 Å². The number of carbonyl (C=O) groups excluding carboxylic acids is 1. The van der Waals surface area contributed by atoms with Crippen molar-refractivity contribution in [1.82, 2.24) is 5.06 Å². The molecule has 0 aliphatic heterocycles. The molecule has 0 unspecified atom stereocenters. The van der Waals surface area contributed by atoms with Crippen LogP contribution >= 0.6 is 0 Å².